The van der Waals surface area contributed by atoms with Crippen LogP contribution in [0.25, 0.3) is 0 Å². The summed E-state index contributed by atoms with van der Waals surface area (Å²) < 4.78 is 0.978. The summed E-state index contributed by atoms with van der Waals surface area (Å²) >= 11 is 3.41. The van der Waals surface area contributed by atoms with Crippen LogP contribution < -0.4 is 4.90 Å². The molecule has 0 fully saturated rings. The lowest BCUT2D eigenvalue weighted by Gasteiger charge is -2.22. The average Bonchev–Trinajstić information content (AvgIpc) is 2.30. The van der Waals surface area contributed by atoms with Gasteiger partial charge in [0.1, 0.15) is 0 Å². The monoisotopic (exact) mass is 263 g/mol. The summed E-state index contributed by atoms with van der Waals surface area (Å²) in [5, 5.41) is 0. The van der Waals surface area contributed by atoms with Crippen LogP contribution in [0.4, 0.5) is 5.69 Å². The number of benzene rings is 1. The van der Waals surface area contributed by atoms with Gasteiger partial charge in [-0.15, -0.1) is 0 Å². The first-order valence-corrected chi connectivity index (χ1v) is 5.45. The molecule has 1 aromatic rings. The van der Waals surface area contributed by atoms with Crippen molar-refractivity contribution < 1.29 is 4.79 Å². The second-order valence-corrected chi connectivity index (χ2v) is 4.16. The number of hydrogen-bond donors (Lipinski definition) is 0. The standard InChI is InChI=1S/C12H10BrNO/c13-11-5-4-10(9-15)12(8-11)14-6-2-1-3-7-14/h1-6,8-9H,7H2. The Labute approximate surface area is 97.0 Å². The van der Waals surface area contributed by atoms with Crippen LogP contribution >= 0.6 is 15.9 Å². The van der Waals surface area contributed by atoms with Gasteiger partial charge in [0.15, 0.2) is 6.29 Å². The van der Waals surface area contributed by atoms with Crippen LogP contribution in [0.3, 0.4) is 0 Å². The molecule has 0 bridgehead atoms. The lowest BCUT2D eigenvalue weighted by molar-refractivity contribution is 0.112. The molecule has 0 aliphatic carbocycles. The maximum Gasteiger partial charge on any atom is 0.152 e. The van der Waals surface area contributed by atoms with E-state index >= 15 is 0 Å². The van der Waals surface area contributed by atoms with Crippen LogP contribution in [0.5, 0.6) is 0 Å². The van der Waals surface area contributed by atoms with Crippen LogP contribution in [-0.4, -0.2) is 12.8 Å². The third kappa shape index (κ3) is 2.18. The predicted molar refractivity (Wildman–Crippen MR) is 65.2 cm³/mol. The van der Waals surface area contributed by atoms with Crippen molar-refractivity contribution in [2.24, 2.45) is 0 Å². The van der Waals surface area contributed by atoms with Gasteiger partial charge in [0.05, 0.1) is 5.69 Å². The zero-order valence-corrected chi connectivity index (χ0v) is 9.65. The van der Waals surface area contributed by atoms with E-state index in [-0.39, 0.29) is 0 Å². The highest BCUT2D eigenvalue weighted by Gasteiger charge is 2.09. The van der Waals surface area contributed by atoms with E-state index in [0.29, 0.717) is 5.56 Å². The van der Waals surface area contributed by atoms with Crippen LogP contribution in [0.2, 0.25) is 0 Å². The number of rotatable bonds is 2. The van der Waals surface area contributed by atoms with Gasteiger partial charge in [-0.1, -0.05) is 28.1 Å². The molecule has 0 saturated heterocycles. The van der Waals surface area contributed by atoms with Crippen molar-refractivity contribution in [3.63, 3.8) is 0 Å². The molecule has 1 aromatic carbocycles. The van der Waals surface area contributed by atoms with Crippen molar-refractivity contribution >= 4 is 27.9 Å². The number of aldehydes is 1. The molecule has 0 N–H and O–H groups in total. The van der Waals surface area contributed by atoms with Gasteiger partial charge in [-0.3, -0.25) is 4.79 Å². The molecule has 76 valence electrons. The molecular weight excluding hydrogens is 254 g/mol. The second kappa shape index (κ2) is 4.45. The van der Waals surface area contributed by atoms with Crippen molar-refractivity contribution in [3.05, 3.63) is 52.7 Å². The molecule has 0 saturated carbocycles. The Balaban J connectivity index is 2.41. The first kappa shape index (κ1) is 10.2. The minimum absolute atomic E-state index is 0.707. The van der Waals surface area contributed by atoms with E-state index in [9.17, 15) is 4.79 Å². The van der Waals surface area contributed by atoms with Gasteiger partial charge < -0.3 is 4.90 Å². The number of anilines is 1. The summed E-state index contributed by atoms with van der Waals surface area (Å²) in [5.41, 5.74) is 1.64. The number of hydrogen-bond acceptors (Lipinski definition) is 2. The maximum absolute atomic E-state index is 10.9. The Hall–Kier alpha value is -1.35. The van der Waals surface area contributed by atoms with Gasteiger partial charge in [-0.2, -0.15) is 0 Å². The molecule has 0 radical (unpaired) electrons. The first-order chi connectivity index (χ1) is 7.31. The zero-order chi connectivity index (χ0) is 10.7. The fourth-order valence-corrected chi connectivity index (χ4v) is 1.86. The molecule has 1 aliphatic heterocycles. The molecule has 2 nitrogen and oxygen atoms in total. The summed E-state index contributed by atoms with van der Waals surface area (Å²) in [6.45, 7) is 0.799. The molecule has 0 aromatic heterocycles. The topological polar surface area (TPSA) is 20.3 Å². The van der Waals surface area contributed by atoms with Crippen molar-refractivity contribution in [2.45, 2.75) is 0 Å². The minimum Gasteiger partial charge on any atom is -0.344 e. The van der Waals surface area contributed by atoms with Gasteiger partial charge >= 0.3 is 0 Å². The van der Waals surface area contributed by atoms with Crippen molar-refractivity contribution in [1.82, 2.24) is 0 Å². The summed E-state index contributed by atoms with van der Waals surface area (Å²) in [5.74, 6) is 0. The van der Waals surface area contributed by atoms with Gasteiger partial charge in [0.25, 0.3) is 0 Å². The minimum atomic E-state index is 0.707. The molecule has 3 heteroatoms. The molecule has 0 amide bonds. The third-order valence-corrected chi connectivity index (χ3v) is 2.74. The molecule has 2 rings (SSSR count). The third-order valence-electron chi connectivity index (χ3n) is 2.24. The maximum atomic E-state index is 10.9. The number of halogens is 1. The predicted octanol–water partition coefficient (Wildman–Crippen LogP) is 3.15. The Bertz CT molecular complexity index is 437. The van der Waals surface area contributed by atoms with Crippen molar-refractivity contribution in [3.8, 4) is 0 Å². The van der Waals surface area contributed by atoms with E-state index in [2.05, 4.69) is 22.0 Å². The van der Waals surface area contributed by atoms with E-state index in [1.165, 1.54) is 0 Å². The average molecular weight is 264 g/mol. The fourth-order valence-electron chi connectivity index (χ4n) is 1.51. The molecular formula is C12H10BrNO. The molecule has 1 heterocycles. The number of nitrogens with zero attached hydrogens (tertiary/aromatic N) is 1. The molecule has 0 unspecified atom stereocenters. The lowest BCUT2D eigenvalue weighted by Crippen LogP contribution is -2.18. The highest BCUT2D eigenvalue weighted by atomic mass is 79.9. The Morgan fingerprint density at radius 2 is 2.20 bits per heavy atom. The fraction of sp³-hybridized carbons (Fsp3) is 0.0833. The van der Waals surface area contributed by atoms with Crippen LogP contribution in [0.1, 0.15) is 10.4 Å². The smallest absolute Gasteiger partial charge is 0.152 e. The summed E-state index contributed by atoms with van der Waals surface area (Å²) in [7, 11) is 0. The Morgan fingerprint density at radius 3 is 2.87 bits per heavy atom. The SMILES string of the molecule is O=Cc1ccc(Br)cc1N1C=CC=CC1. The highest BCUT2D eigenvalue weighted by molar-refractivity contribution is 9.10. The molecule has 0 spiro atoms. The van der Waals surface area contributed by atoms with Crippen molar-refractivity contribution in [1.29, 1.82) is 0 Å². The zero-order valence-electron chi connectivity index (χ0n) is 8.06. The quantitative estimate of drug-likeness (QED) is 0.765. The van der Waals surface area contributed by atoms with Crippen molar-refractivity contribution in [2.75, 3.05) is 11.4 Å². The van der Waals surface area contributed by atoms with Gasteiger partial charge in [-0.05, 0) is 24.3 Å². The van der Waals surface area contributed by atoms with Crippen LogP contribution in [-0.2, 0) is 0 Å². The highest BCUT2D eigenvalue weighted by Crippen LogP contribution is 2.25. The molecule has 1 aliphatic rings. The van der Waals surface area contributed by atoms with E-state index in [1.807, 2.05) is 41.5 Å². The number of carbonyl (C=O) groups excluding carboxylic acids is 1. The van der Waals surface area contributed by atoms with E-state index in [4.69, 9.17) is 0 Å². The van der Waals surface area contributed by atoms with E-state index < -0.39 is 0 Å². The van der Waals surface area contributed by atoms with Crippen LogP contribution in [0.15, 0.2) is 47.1 Å². The largest absolute Gasteiger partial charge is 0.344 e. The van der Waals surface area contributed by atoms with Crippen LogP contribution in [0, 0.1) is 0 Å². The summed E-state index contributed by atoms with van der Waals surface area (Å²) in [6, 6.07) is 5.64. The van der Waals surface area contributed by atoms with Gasteiger partial charge in [0.2, 0.25) is 0 Å². The second-order valence-electron chi connectivity index (χ2n) is 3.24. The van der Waals surface area contributed by atoms with Gasteiger partial charge in [-0.25, -0.2) is 0 Å². The Kier molecular flexibility index (Phi) is 3.02. The summed E-state index contributed by atoms with van der Waals surface area (Å²) in [4.78, 5) is 12.9. The first-order valence-electron chi connectivity index (χ1n) is 4.66. The normalized spacial score (nSPS) is 14.3. The number of carbonyl (C=O) groups is 1. The molecule has 15 heavy (non-hydrogen) atoms. The van der Waals surface area contributed by atoms with E-state index in [0.717, 1.165) is 23.0 Å². The molecule has 0 atom stereocenters. The van der Waals surface area contributed by atoms with Gasteiger partial charge in [0, 0.05) is 22.8 Å². The number of allylic oxidation sites excluding steroid dienone is 2. The van der Waals surface area contributed by atoms with E-state index in [1.54, 1.807) is 0 Å². The Morgan fingerprint density at radius 1 is 1.33 bits per heavy atom. The lowest BCUT2D eigenvalue weighted by atomic mass is 10.1. The summed E-state index contributed by atoms with van der Waals surface area (Å²) in [6.07, 6.45) is 8.85.